The molecule has 0 saturated heterocycles. The van der Waals surface area contributed by atoms with Crippen LogP contribution in [0.3, 0.4) is 0 Å². The van der Waals surface area contributed by atoms with Crippen LogP contribution in [0, 0.1) is 0 Å². The van der Waals surface area contributed by atoms with Crippen LogP contribution >= 0.6 is 0 Å². The molecule has 7 radical (unpaired) electrons. The third kappa shape index (κ3) is 220. The molecule has 0 unspecified atom stereocenters. The molecule has 16 nitrogen and oxygen atoms in total. The molecule has 0 amide bonds. The third-order valence-corrected chi connectivity index (χ3v) is 6.73. The summed E-state index contributed by atoms with van der Waals surface area (Å²) in [5.41, 5.74) is 0. The molecule has 0 aliphatic carbocycles. The Kier molecular flexibility index (Phi) is 193. The van der Waals surface area contributed by atoms with Crippen LogP contribution in [0.25, 0.3) is 0 Å². The molecule has 0 spiro atoms. The van der Waals surface area contributed by atoms with Crippen molar-refractivity contribution in [1.82, 2.24) is 0 Å². The van der Waals surface area contributed by atoms with Crippen molar-refractivity contribution >= 4 is 59.7 Å². The van der Waals surface area contributed by atoms with Crippen molar-refractivity contribution in [2.45, 2.75) is 254 Å². The van der Waals surface area contributed by atoms with Crippen LogP contribution in [-0.2, 0) is 78.9 Å². The number of rotatable bonds is 26. The Morgan fingerprint density at radius 2 is 0.514 bits per heavy atom. The molecule has 20 heteroatoms. The van der Waals surface area contributed by atoms with E-state index in [-0.39, 0.29) is 80.8 Å². The zero-order chi connectivity index (χ0) is 56.9. The second-order valence-electron chi connectivity index (χ2n) is 14.1. The fraction of sp³-hybridized carbons (Fsp3) is 0.889. The molecule has 0 aromatic carbocycles. The van der Waals surface area contributed by atoms with Gasteiger partial charge >= 0.3 is 35.8 Å². The van der Waals surface area contributed by atoms with Gasteiger partial charge in [-0.2, -0.15) is 0 Å². The molecule has 0 rings (SSSR count). The topological polar surface area (TPSA) is 239 Å². The molecule has 0 aromatic rings. The van der Waals surface area contributed by atoms with E-state index >= 15 is 0 Å². The maximum atomic E-state index is 10.7. The number of esters is 6. The molecule has 0 fully saturated rings. The molecule has 0 bridgehead atoms. The van der Waals surface area contributed by atoms with E-state index in [0.717, 1.165) is 109 Å². The smallest absolute Gasteiger partial charge is 0.305 e. The van der Waals surface area contributed by atoms with E-state index in [1.54, 1.807) is 13.8 Å². The average molecular weight is 1110 g/mol. The first-order chi connectivity index (χ1) is 33.4. The molecule has 0 aliphatic rings. The molecule has 0 atom stereocenters. The molecule has 4 N–H and O–H groups in total. The van der Waals surface area contributed by atoms with E-state index in [1.165, 1.54) is 20.8 Å². The Balaban J connectivity index is -0.0000000402. The van der Waals surface area contributed by atoms with Gasteiger partial charge in [-0.15, -0.1) is 0 Å². The van der Waals surface area contributed by atoms with Crippen molar-refractivity contribution in [3.8, 4) is 0 Å². The van der Waals surface area contributed by atoms with Crippen LogP contribution in [0.1, 0.15) is 254 Å². The first-order valence-electron chi connectivity index (χ1n) is 26.0. The van der Waals surface area contributed by atoms with Gasteiger partial charge in [0.05, 0.1) is 39.6 Å². The minimum Gasteiger partial charge on any atom is -0.466 e. The predicted octanol–water partition coefficient (Wildman–Crippen LogP) is 11.3. The van der Waals surface area contributed by atoms with E-state index in [0.29, 0.717) is 85.3 Å². The zero-order valence-electron chi connectivity index (χ0n) is 49.1. The summed E-state index contributed by atoms with van der Waals surface area (Å²) in [6.07, 6.45) is 18.6. The monoisotopic (exact) mass is 1110 g/mol. The van der Waals surface area contributed by atoms with Crippen molar-refractivity contribution in [3.05, 3.63) is 0 Å². The minimum absolute atomic E-state index is 0. The maximum absolute atomic E-state index is 10.7. The Morgan fingerprint density at radius 1 is 0.324 bits per heavy atom. The summed E-state index contributed by atoms with van der Waals surface area (Å²) in [7, 11) is 8.00. The van der Waals surface area contributed by atoms with Crippen LogP contribution < -0.4 is 0 Å². The molecule has 74 heavy (non-hydrogen) atoms. The van der Waals surface area contributed by atoms with Gasteiger partial charge in [-0.25, -0.2) is 0 Å². The number of carbonyl (C=O) groups is 6. The maximum Gasteiger partial charge on any atom is 0.305 e. The number of unbranched alkanes of at least 4 members (excludes halogenated alkanes) is 7. The first kappa shape index (κ1) is 111. The Morgan fingerprint density at radius 3 is 0.635 bits per heavy atom. The first-order valence-corrected chi connectivity index (χ1v) is 26.0. The van der Waals surface area contributed by atoms with Gasteiger partial charge in [0.25, 0.3) is 0 Å². The molecule has 0 aromatic heterocycles. The van der Waals surface area contributed by atoms with E-state index in [9.17, 15) is 28.8 Å². The van der Waals surface area contributed by atoms with Crippen LogP contribution in [-0.4, -0.2) is 146 Å². The number of aliphatic hydroxyl groups excluding tert-OH is 4. The van der Waals surface area contributed by atoms with Gasteiger partial charge in [-0.3, -0.25) is 28.8 Å². The van der Waals surface area contributed by atoms with Gasteiger partial charge in [0.1, 0.15) is 0 Å². The molecule has 0 heterocycles. The molecular weight excluding hydrogens is 985 g/mol. The molecule has 0 aliphatic heterocycles. The Labute approximate surface area is 477 Å². The van der Waals surface area contributed by atoms with Gasteiger partial charge < -0.3 is 48.8 Å². The van der Waals surface area contributed by atoms with E-state index in [2.05, 4.69) is 82.9 Å². The fourth-order valence-corrected chi connectivity index (χ4v) is 3.05. The summed E-state index contributed by atoms with van der Waals surface area (Å²) in [6, 6.07) is 0. The summed E-state index contributed by atoms with van der Waals surface area (Å²) >= 11 is 0. The predicted molar refractivity (Wildman–Crippen MR) is 308 cm³/mol. The van der Waals surface area contributed by atoms with Gasteiger partial charge in [-0.1, -0.05) is 129 Å². The van der Waals surface area contributed by atoms with Gasteiger partial charge in [-0.05, 0) is 85.0 Å². The van der Waals surface area contributed by atoms with Crippen molar-refractivity contribution in [2.24, 2.45) is 0 Å². The summed E-state index contributed by atoms with van der Waals surface area (Å²) in [6.45, 7) is 34.5. The average Bonchev–Trinajstić information content (AvgIpc) is 3.31. The zero-order valence-corrected chi connectivity index (χ0v) is 50.7. The molecule has 0 saturated carbocycles. The van der Waals surface area contributed by atoms with Crippen molar-refractivity contribution in [3.63, 3.8) is 0 Å². The minimum atomic E-state index is -0.211. The van der Waals surface area contributed by atoms with E-state index in [4.69, 9.17) is 29.9 Å². The third-order valence-electron chi connectivity index (χ3n) is 6.73. The van der Waals surface area contributed by atoms with Gasteiger partial charge in [0.15, 0.2) is 0 Å². The number of carbonyl (C=O) groups excluding carboxylic acids is 6. The summed E-state index contributed by atoms with van der Waals surface area (Å²) < 4.78 is 27.9. The number of aliphatic hydroxyl groups is 4. The second-order valence-corrected chi connectivity index (χ2v) is 14.1. The van der Waals surface area contributed by atoms with Crippen molar-refractivity contribution in [2.75, 3.05) is 66.1 Å². The summed E-state index contributed by atoms with van der Waals surface area (Å²) in [5, 5.41) is 32.3. The summed E-state index contributed by atoms with van der Waals surface area (Å²) in [4.78, 5) is 61.6. The summed E-state index contributed by atoms with van der Waals surface area (Å²) in [5.74, 6) is -0.810. The largest absolute Gasteiger partial charge is 0.466 e. The van der Waals surface area contributed by atoms with Gasteiger partial charge in [0, 0.05) is 112 Å². The standard InChI is InChI=1S/2C8H16O2.2C6H12O2.2C4H8O2.4C4H10O.2CH4.B2.B.Ti/c2*1-3-5-7-10-8(9)6-4-2;1-3-4-5-8-6(2)7;1-3-5-6(7)8-4-2;2*1-3-6-4(2)5;4*1-2-3-4-5;;;1-2;;/h2*3-7H2,1-2H3;2*3-5H2,1-2H3;2*3H2,1-2H3;4*5H,2-4H2,1H3;2*1H4;;;. The van der Waals surface area contributed by atoms with Crippen LogP contribution in [0.2, 0.25) is 0 Å². The normalized spacial score (nSPS) is 8.00. The fourth-order valence-electron chi connectivity index (χ4n) is 3.05. The molecule has 445 valence electrons. The quantitative estimate of drug-likeness (QED) is 0.0273. The van der Waals surface area contributed by atoms with Crippen LogP contribution in [0.15, 0.2) is 0 Å². The van der Waals surface area contributed by atoms with Crippen molar-refractivity contribution < 1.29 is 99.3 Å². The number of hydrogen-bond acceptors (Lipinski definition) is 16. The Bertz CT molecular complexity index is 864. The van der Waals surface area contributed by atoms with Gasteiger partial charge in [0.2, 0.25) is 0 Å². The molecular formula is C54H120B3O16Ti. The van der Waals surface area contributed by atoms with Crippen molar-refractivity contribution in [1.29, 1.82) is 0 Å². The van der Waals surface area contributed by atoms with Crippen LogP contribution in [0.5, 0.6) is 0 Å². The van der Waals surface area contributed by atoms with Crippen LogP contribution in [0.4, 0.5) is 0 Å². The number of hydrogen-bond donors (Lipinski definition) is 4. The van der Waals surface area contributed by atoms with E-state index in [1.807, 2.05) is 27.7 Å². The number of ether oxygens (including phenoxy) is 6. The van der Waals surface area contributed by atoms with E-state index < -0.39 is 0 Å². The SMILES string of the molecule is C.C.CCCC(=O)OCC.CCCCO.CCCCO.CCCCO.CCCCO.CCCCOC(=O)CCC.CCCCOC(=O)CCC.CCCCOC(C)=O.CCOC(C)=O.CCOC(C)=O.[B].[B][B].[Ti]. The Hall–Kier alpha value is -2.43. The second kappa shape index (κ2) is 128.